The molecule has 0 saturated heterocycles. The number of hydrogen-bond donors (Lipinski definition) is 0. The summed E-state index contributed by atoms with van der Waals surface area (Å²) in [6.45, 7) is 11.3. The summed E-state index contributed by atoms with van der Waals surface area (Å²) in [6.07, 6.45) is 21.6. The number of rotatable bonds is 24. The van der Waals surface area contributed by atoms with E-state index in [1.54, 1.807) is 0 Å². The largest absolute Gasteiger partial charge is 0.466 e. The molecule has 34 heavy (non-hydrogen) atoms. The van der Waals surface area contributed by atoms with Crippen LogP contribution in [-0.4, -0.2) is 24.6 Å². The molecule has 0 fully saturated rings. The van der Waals surface area contributed by atoms with E-state index in [1.807, 2.05) is 0 Å². The third kappa shape index (κ3) is 21.5. The minimum Gasteiger partial charge on any atom is -0.466 e. The van der Waals surface area contributed by atoms with Crippen molar-refractivity contribution < 1.29 is 19.1 Å². The summed E-state index contributed by atoms with van der Waals surface area (Å²) in [7, 11) is 0. The summed E-state index contributed by atoms with van der Waals surface area (Å²) in [5.74, 6) is 0.610. The van der Waals surface area contributed by atoms with E-state index in [0.717, 1.165) is 44.9 Å². The summed E-state index contributed by atoms with van der Waals surface area (Å²) in [6, 6.07) is 0. The molecule has 0 aromatic heterocycles. The van der Waals surface area contributed by atoms with Crippen molar-refractivity contribution in [3.05, 3.63) is 0 Å². The van der Waals surface area contributed by atoms with Crippen LogP contribution in [0.1, 0.15) is 157 Å². The van der Waals surface area contributed by atoms with Crippen molar-refractivity contribution in [2.75, 3.05) is 6.61 Å². The number of carbonyl (C=O) groups is 2. The first-order valence-corrected chi connectivity index (χ1v) is 14.7. The molecule has 0 spiro atoms. The van der Waals surface area contributed by atoms with Crippen LogP contribution in [0, 0.1) is 11.8 Å². The SMILES string of the molecule is CCCCCCCCCCCCCOC(=O)CCCCCCCCC(=O)OC(C(C)C)C(C)C. The number of esters is 2. The van der Waals surface area contributed by atoms with Gasteiger partial charge in [0.2, 0.25) is 0 Å². The maximum atomic E-state index is 12.0. The smallest absolute Gasteiger partial charge is 0.306 e. The molecule has 0 N–H and O–H groups in total. The van der Waals surface area contributed by atoms with Gasteiger partial charge in [0.25, 0.3) is 0 Å². The van der Waals surface area contributed by atoms with Gasteiger partial charge in [0.05, 0.1) is 6.61 Å². The highest BCUT2D eigenvalue weighted by atomic mass is 16.5. The second-order valence-electron chi connectivity index (χ2n) is 10.8. The number of carbonyl (C=O) groups excluding carboxylic acids is 2. The second-order valence-corrected chi connectivity index (χ2v) is 10.8. The lowest BCUT2D eigenvalue weighted by molar-refractivity contribution is -0.154. The molecule has 0 radical (unpaired) electrons. The minimum absolute atomic E-state index is 0.0159. The monoisotopic (exact) mass is 482 g/mol. The van der Waals surface area contributed by atoms with Crippen molar-refractivity contribution in [3.8, 4) is 0 Å². The maximum absolute atomic E-state index is 12.0. The first-order chi connectivity index (χ1) is 16.4. The van der Waals surface area contributed by atoms with E-state index in [4.69, 9.17) is 9.47 Å². The Hall–Kier alpha value is -1.06. The van der Waals surface area contributed by atoms with Crippen LogP contribution < -0.4 is 0 Å². The van der Waals surface area contributed by atoms with E-state index in [9.17, 15) is 9.59 Å². The number of hydrogen-bond acceptors (Lipinski definition) is 4. The fraction of sp³-hybridized carbons (Fsp3) is 0.933. The van der Waals surface area contributed by atoms with E-state index in [-0.39, 0.29) is 18.0 Å². The van der Waals surface area contributed by atoms with Crippen LogP contribution >= 0.6 is 0 Å². The topological polar surface area (TPSA) is 52.6 Å². The maximum Gasteiger partial charge on any atom is 0.306 e. The van der Waals surface area contributed by atoms with Crippen LogP contribution in [-0.2, 0) is 19.1 Å². The fourth-order valence-corrected chi connectivity index (χ4v) is 4.52. The van der Waals surface area contributed by atoms with Gasteiger partial charge in [-0.25, -0.2) is 0 Å². The van der Waals surface area contributed by atoms with E-state index >= 15 is 0 Å². The van der Waals surface area contributed by atoms with Crippen molar-refractivity contribution >= 4 is 11.9 Å². The van der Waals surface area contributed by atoms with E-state index < -0.39 is 0 Å². The van der Waals surface area contributed by atoms with Crippen LogP contribution in [0.2, 0.25) is 0 Å². The van der Waals surface area contributed by atoms with Crippen LogP contribution in [0.15, 0.2) is 0 Å². The molecule has 0 aliphatic carbocycles. The summed E-state index contributed by atoms with van der Waals surface area (Å²) in [4.78, 5) is 23.9. The van der Waals surface area contributed by atoms with Crippen LogP contribution in [0.3, 0.4) is 0 Å². The van der Waals surface area contributed by atoms with Gasteiger partial charge in [-0.3, -0.25) is 9.59 Å². The van der Waals surface area contributed by atoms with Crippen LogP contribution in [0.4, 0.5) is 0 Å². The lowest BCUT2D eigenvalue weighted by Crippen LogP contribution is -2.28. The van der Waals surface area contributed by atoms with Crippen molar-refractivity contribution in [2.45, 2.75) is 163 Å². The molecule has 4 heteroatoms. The quantitative estimate of drug-likeness (QED) is 0.102. The first kappa shape index (κ1) is 32.9. The third-order valence-electron chi connectivity index (χ3n) is 6.60. The van der Waals surface area contributed by atoms with Crippen molar-refractivity contribution in [2.24, 2.45) is 11.8 Å². The minimum atomic E-state index is -0.0621. The lowest BCUT2D eigenvalue weighted by Gasteiger charge is -2.24. The average molecular weight is 483 g/mol. The van der Waals surface area contributed by atoms with Gasteiger partial charge >= 0.3 is 11.9 Å². The standard InChI is InChI=1S/C30H58O4/c1-6-7-8-9-10-11-12-13-16-19-22-25-33-28(31)23-20-17-14-15-18-21-24-29(32)34-30(26(2)3)27(4)5/h26-27,30H,6-25H2,1-5H3. The highest BCUT2D eigenvalue weighted by Crippen LogP contribution is 2.18. The van der Waals surface area contributed by atoms with Gasteiger partial charge < -0.3 is 9.47 Å². The second kappa shape index (κ2) is 23.7. The zero-order chi connectivity index (χ0) is 25.4. The highest BCUT2D eigenvalue weighted by Gasteiger charge is 2.21. The molecular weight excluding hydrogens is 424 g/mol. The fourth-order valence-electron chi connectivity index (χ4n) is 4.52. The molecular formula is C30H58O4. The molecule has 0 atom stereocenters. The third-order valence-corrected chi connectivity index (χ3v) is 6.60. The Labute approximate surface area is 212 Å². The van der Waals surface area contributed by atoms with Crippen molar-refractivity contribution in [3.63, 3.8) is 0 Å². The summed E-state index contributed by atoms with van der Waals surface area (Å²) in [5.41, 5.74) is 0. The molecule has 202 valence electrons. The van der Waals surface area contributed by atoms with Gasteiger partial charge in [0.15, 0.2) is 0 Å². The Bertz CT molecular complexity index is 464. The number of unbranched alkanes of at least 4 members (excludes halogenated alkanes) is 15. The molecule has 0 bridgehead atoms. The average Bonchev–Trinajstić information content (AvgIpc) is 2.79. The Morgan fingerprint density at radius 3 is 1.35 bits per heavy atom. The van der Waals surface area contributed by atoms with Crippen LogP contribution in [0.25, 0.3) is 0 Å². The predicted molar refractivity (Wildman–Crippen MR) is 144 cm³/mol. The Balaban J connectivity index is 3.40. The molecule has 0 rings (SSSR count). The van der Waals surface area contributed by atoms with E-state index in [0.29, 0.717) is 31.3 Å². The molecule has 0 amide bonds. The summed E-state index contributed by atoms with van der Waals surface area (Å²) >= 11 is 0. The van der Waals surface area contributed by atoms with E-state index in [1.165, 1.54) is 64.2 Å². The van der Waals surface area contributed by atoms with E-state index in [2.05, 4.69) is 34.6 Å². The molecule has 0 saturated carbocycles. The number of ether oxygens (including phenoxy) is 2. The first-order valence-electron chi connectivity index (χ1n) is 14.7. The van der Waals surface area contributed by atoms with Crippen LogP contribution in [0.5, 0.6) is 0 Å². The predicted octanol–water partition coefficient (Wildman–Crippen LogP) is 9.19. The van der Waals surface area contributed by atoms with Gasteiger partial charge in [0, 0.05) is 12.8 Å². The van der Waals surface area contributed by atoms with Crippen molar-refractivity contribution in [1.82, 2.24) is 0 Å². The summed E-state index contributed by atoms with van der Waals surface area (Å²) in [5, 5.41) is 0. The normalized spacial score (nSPS) is 11.5. The molecule has 0 aliphatic heterocycles. The van der Waals surface area contributed by atoms with Gasteiger partial charge in [-0.1, -0.05) is 125 Å². The van der Waals surface area contributed by atoms with Gasteiger partial charge in [-0.2, -0.15) is 0 Å². The van der Waals surface area contributed by atoms with Gasteiger partial charge in [-0.15, -0.1) is 0 Å². The Kier molecular flexibility index (Phi) is 22.9. The zero-order valence-corrected chi connectivity index (χ0v) is 23.5. The molecule has 0 heterocycles. The Morgan fingerprint density at radius 2 is 0.912 bits per heavy atom. The molecule has 0 aromatic carbocycles. The summed E-state index contributed by atoms with van der Waals surface area (Å²) < 4.78 is 11.0. The highest BCUT2D eigenvalue weighted by molar-refractivity contribution is 5.69. The van der Waals surface area contributed by atoms with Crippen molar-refractivity contribution in [1.29, 1.82) is 0 Å². The lowest BCUT2D eigenvalue weighted by atomic mass is 9.96. The van der Waals surface area contributed by atoms with Gasteiger partial charge in [-0.05, 0) is 31.1 Å². The van der Waals surface area contributed by atoms with Gasteiger partial charge in [0.1, 0.15) is 6.10 Å². The Morgan fingerprint density at radius 1 is 0.529 bits per heavy atom. The molecule has 0 aliphatic rings. The molecule has 0 unspecified atom stereocenters. The zero-order valence-electron chi connectivity index (χ0n) is 23.5. The molecule has 4 nitrogen and oxygen atoms in total. The molecule has 0 aromatic rings.